The predicted molar refractivity (Wildman–Crippen MR) is 98.4 cm³/mol. The molecule has 6 heteroatoms. The highest BCUT2D eigenvalue weighted by Gasteiger charge is 2.25. The molecule has 0 aromatic heterocycles. The van der Waals surface area contributed by atoms with E-state index >= 15 is 0 Å². The zero-order valence-corrected chi connectivity index (χ0v) is 15.9. The Morgan fingerprint density at radius 3 is 2.23 bits per heavy atom. The second-order valence-electron chi connectivity index (χ2n) is 7.20. The fraction of sp³-hybridized carbons (Fsp3) is 0.450. The molecule has 1 atom stereocenters. The maximum Gasteiger partial charge on any atom is 0.408 e. The minimum atomic E-state index is -0.789. The Kier molecular flexibility index (Phi) is 8.03. The molecule has 0 saturated heterocycles. The summed E-state index contributed by atoms with van der Waals surface area (Å²) in [5, 5.41) is 2.54. The second kappa shape index (κ2) is 9.75. The van der Waals surface area contributed by atoms with E-state index in [1.807, 2.05) is 30.3 Å². The van der Waals surface area contributed by atoms with Gasteiger partial charge < -0.3 is 14.8 Å². The number of nitrogens with one attached hydrogen (secondary N) is 1. The number of ether oxygens (including phenoxy) is 2. The van der Waals surface area contributed by atoms with Gasteiger partial charge >= 0.3 is 12.1 Å². The number of carbonyl (C=O) groups excluding carboxylic acids is 3. The lowest BCUT2D eigenvalue weighted by Crippen LogP contribution is -2.45. The molecular formula is C20H27NO5. The third kappa shape index (κ3) is 8.46. The SMILES string of the molecule is CC(C)[C@@H](NC(=O)OC(C)(C)C)C(=O)/C=C/C(=O)OCc1ccccc1. The number of benzene rings is 1. The molecule has 1 amide bonds. The van der Waals surface area contributed by atoms with Gasteiger partial charge in [-0.3, -0.25) is 4.79 Å². The largest absolute Gasteiger partial charge is 0.458 e. The van der Waals surface area contributed by atoms with Crippen molar-refractivity contribution >= 4 is 17.8 Å². The van der Waals surface area contributed by atoms with Gasteiger partial charge in [-0.2, -0.15) is 0 Å². The quantitative estimate of drug-likeness (QED) is 0.594. The van der Waals surface area contributed by atoms with E-state index < -0.39 is 29.5 Å². The number of rotatable bonds is 7. The van der Waals surface area contributed by atoms with Crippen LogP contribution in [0.4, 0.5) is 4.79 Å². The first-order valence-electron chi connectivity index (χ1n) is 8.50. The van der Waals surface area contributed by atoms with Crippen molar-refractivity contribution in [1.82, 2.24) is 5.32 Å². The van der Waals surface area contributed by atoms with E-state index in [2.05, 4.69) is 5.32 Å². The van der Waals surface area contributed by atoms with Crippen molar-refractivity contribution in [2.24, 2.45) is 5.92 Å². The molecule has 6 nitrogen and oxygen atoms in total. The van der Waals surface area contributed by atoms with Gasteiger partial charge in [0.15, 0.2) is 5.78 Å². The number of esters is 1. The van der Waals surface area contributed by atoms with Crippen LogP contribution >= 0.6 is 0 Å². The number of alkyl carbamates (subject to hydrolysis) is 1. The molecule has 0 spiro atoms. The van der Waals surface area contributed by atoms with Gasteiger partial charge in [-0.1, -0.05) is 44.2 Å². The van der Waals surface area contributed by atoms with Crippen LogP contribution in [0.2, 0.25) is 0 Å². The molecule has 0 aliphatic carbocycles. The van der Waals surface area contributed by atoms with Gasteiger partial charge in [-0.25, -0.2) is 9.59 Å². The van der Waals surface area contributed by atoms with Crippen molar-refractivity contribution in [2.45, 2.75) is 52.9 Å². The van der Waals surface area contributed by atoms with Gasteiger partial charge in [-0.05, 0) is 38.3 Å². The average Bonchev–Trinajstić information content (AvgIpc) is 2.54. The number of carbonyl (C=O) groups is 3. The van der Waals surface area contributed by atoms with Crippen LogP contribution in [0.25, 0.3) is 0 Å². The van der Waals surface area contributed by atoms with Gasteiger partial charge in [0.05, 0.1) is 6.04 Å². The zero-order chi connectivity index (χ0) is 19.7. The van der Waals surface area contributed by atoms with Crippen molar-refractivity contribution in [3.8, 4) is 0 Å². The molecule has 0 radical (unpaired) electrons. The molecule has 0 unspecified atom stereocenters. The highest BCUT2D eigenvalue weighted by atomic mass is 16.6. The first kappa shape index (κ1) is 21.4. The van der Waals surface area contributed by atoms with Crippen LogP contribution in [0, 0.1) is 5.92 Å². The van der Waals surface area contributed by atoms with Crippen LogP contribution in [0.15, 0.2) is 42.5 Å². The molecule has 1 rings (SSSR count). The average molecular weight is 361 g/mol. The predicted octanol–water partition coefficient (Wildman–Crippen LogP) is 3.40. The lowest BCUT2D eigenvalue weighted by atomic mass is 10.00. The fourth-order valence-corrected chi connectivity index (χ4v) is 2.03. The van der Waals surface area contributed by atoms with E-state index in [0.717, 1.165) is 17.7 Å². The Hall–Kier alpha value is -2.63. The normalized spacial score (nSPS) is 12.7. The molecule has 1 N–H and O–H groups in total. The van der Waals surface area contributed by atoms with E-state index in [1.165, 1.54) is 0 Å². The Balaban J connectivity index is 2.58. The first-order chi connectivity index (χ1) is 12.1. The summed E-state index contributed by atoms with van der Waals surface area (Å²) in [7, 11) is 0. The van der Waals surface area contributed by atoms with Gasteiger partial charge in [-0.15, -0.1) is 0 Å². The summed E-state index contributed by atoms with van der Waals surface area (Å²) >= 11 is 0. The summed E-state index contributed by atoms with van der Waals surface area (Å²) in [6, 6.07) is 8.44. The summed E-state index contributed by atoms with van der Waals surface area (Å²) in [6.45, 7) is 8.93. The Morgan fingerprint density at radius 1 is 1.08 bits per heavy atom. The van der Waals surface area contributed by atoms with Gasteiger partial charge in [0.25, 0.3) is 0 Å². The number of hydrogen-bond acceptors (Lipinski definition) is 5. The highest BCUT2D eigenvalue weighted by Crippen LogP contribution is 2.10. The third-order valence-electron chi connectivity index (χ3n) is 3.25. The number of amides is 1. The van der Waals surface area contributed by atoms with Crippen molar-refractivity contribution < 1.29 is 23.9 Å². The Labute approximate surface area is 154 Å². The van der Waals surface area contributed by atoms with Crippen molar-refractivity contribution in [1.29, 1.82) is 0 Å². The number of ketones is 1. The van der Waals surface area contributed by atoms with Gasteiger partial charge in [0.1, 0.15) is 12.2 Å². The van der Waals surface area contributed by atoms with E-state index in [1.54, 1.807) is 34.6 Å². The molecule has 26 heavy (non-hydrogen) atoms. The number of hydrogen-bond donors (Lipinski definition) is 1. The zero-order valence-electron chi connectivity index (χ0n) is 15.9. The molecular weight excluding hydrogens is 334 g/mol. The summed E-state index contributed by atoms with van der Waals surface area (Å²) in [6.07, 6.45) is 1.51. The molecule has 0 fully saturated rings. The molecule has 1 aromatic rings. The summed E-state index contributed by atoms with van der Waals surface area (Å²) in [5.74, 6) is -1.19. The minimum absolute atomic E-state index is 0.127. The van der Waals surface area contributed by atoms with Crippen LogP contribution in [0.5, 0.6) is 0 Å². The topological polar surface area (TPSA) is 81.7 Å². The van der Waals surface area contributed by atoms with Crippen molar-refractivity contribution in [2.75, 3.05) is 0 Å². The molecule has 0 bridgehead atoms. The standard InChI is InChI=1S/C20H27NO5/c1-14(2)18(21-19(24)26-20(3,4)5)16(22)11-12-17(23)25-13-15-9-7-6-8-10-15/h6-12,14,18H,13H2,1-5H3,(H,21,24)/b12-11+/t18-/m1/s1. The fourth-order valence-electron chi connectivity index (χ4n) is 2.03. The van der Waals surface area contributed by atoms with E-state index in [0.29, 0.717) is 0 Å². The van der Waals surface area contributed by atoms with E-state index in [9.17, 15) is 14.4 Å². The summed E-state index contributed by atoms with van der Waals surface area (Å²) in [4.78, 5) is 35.9. The molecule has 0 heterocycles. The van der Waals surface area contributed by atoms with Crippen LogP contribution in [0.1, 0.15) is 40.2 Å². The van der Waals surface area contributed by atoms with Gasteiger partial charge in [0.2, 0.25) is 0 Å². The van der Waals surface area contributed by atoms with Crippen molar-refractivity contribution in [3.05, 3.63) is 48.0 Å². The minimum Gasteiger partial charge on any atom is -0.458 e. The molecule has 0 aliphatic heterocycles. The molecule has 1 aromatic carbocycles. The Morgan fingerprint density at radius 2 is 1.69 bits per heavy atom. The smallest absolute Gasteiger partial charge is 0.408 e. The maximum absolute atomic E-state index is 12.3. The van der Waals surface area contributed by atoms with Crippen LogP contribution in [-0.2, 0) is 25.7 Å². The monoisotopic (exact) mass is 361 g/mol. The second-order valence-corrected chi connectivity index (χ2v) is 7.20. The Bertz CT molecular complexity index is 644. The lowest BCUT2D eigenvalue weighted by Gasteiger charge is -2.24. The molecule has 0 aliphatic rings. The van der Waals surface area contributed by atoms with Crippen LogP contribution in [-0.4, -0.2) is 29.5 Å². The lowest BCUT2D eigenvalue weighted by molar-refractivity contribution is -0.139. The summed E-state index contributed by atoms with van der Waals surface area (Å²) < 4.78 is 10.2. The van der Waals surface area contributed by atoms with Gasteiger partial charge in [0, 0.05) is 6.08 Å². The maximum atomic E-state index is 12.3. The van der Waals surface area contributed by atoms with Crippen LogP contribution in [0.3, 0.4) is 0 Å². The van der Waals surface area contributed by atoms with E-state index in [4.69, 9.17) is 9.47 Å². The van der Waals surface area contributed by atoms with Crippen molar-refractivity contribution in [3.63, 3.8) is 0 Å². The van der Waals surface area contributed by atoms with E-state index in [-0.39, 0.29) is 12.5 Å². The molecule has 142 valence electrons. The van der Waals surface area contributed by atoms with Crippen LogP contribution < -0.4 is 5.32 Å². The highest BCUT2D eigenvalue weighted by molar-refractivity contribution is 6.00. The first-order valence-corrected chi connectivity index (χ1v) is 8.50. The molecule has 0 saturated carbocycles. The third-order valence-corrected chi connectivity index (χ3v) is 3.25. The summed E-state index contributed by atoms with van der Waals surface area (Å²) in [5.41, 5.74) is 0.193.